The Morgan fingerprint density at radius 2 is 2.31 bits per heavy atom. The van der Waals surface area contributed by atoms with Crippen LogP contribution in [0, 0.1) is 0 Å². The Morgan fingerprint density at radius 1 is 1.50 bits per heavy atom. The molecule has 88 valence electrons. The van der Waals surface area contributed by atoms with Crippen LogP contribution in [0.1, 0.15) is 5.82 Å². The van der Waals surface area contributed by atoms with Crippen molar-refractivity contribution in [3.8, 4) is 0 Å². The number of amides is 1. The molecule has 0 radical (unpaired) electrons. The number of nitrogens with one attached hydrogen (secondary N) is 2. The van der Waals surface area contributed by atoms with Crippen LogP contribution in [0.5, 0.6) is 0 Å². The summed E-state index contributed by atoms with van der Waals surface area (Å²) >= 11 is 1.08. The van der Waals surface area contributed by atoms with E-state index in [1.54, 1.807) is 12.4 Å². The quantitative estimate of drug-likeness (QED) is 0.621. The van der Waals surface area contributed by atoms with E-state index in [9.17, 15) is 9.59 Å². The largest absolute Gasteiger partial charge is 0.481 e. The summed E-state index contributed by atoms with van der Waals surface area (Å²) in [7, 11) is 0. The van der Waals surface area contributed by atoms with Crippen LogP contribution in [0.4, 0.5) is 0 Å². The maximum absolute atomic E-state index is 11.2. The Bertz CT molecular complexity index is 340. The van der Waals surface area contributed by atoms with E-state index >= 15 is 0 Å². The first-order valence-electron chi connectivity index (χ1n) is 4.73. The lowest BCUT2D eigenvalue weighted by Gasteiger charge is -2.02. The lowest BCUT2D eigenvalue weighted by Crippen LogP contribution is -2.27. The molecule has 1 rings (SSSR count). The second-order valence-corrected chi connectivity index (χ2v) is 4.01. The molecule has 16 heavy (non-hydrogen) atoms. The Balaban J connectivity index is 2.04. The average Bonchev–Trinajstić information content (AvgIpc) is 2.70. The molecule has 0 saturated carbocycles. The van der Waals surface area contributed by atoms with Crippen LogP contribution in [-0.4, -0.2) is 45.0 Å². The number of thioether (sulfide) groups is 1. The van der Waals surface area contributed by atoms with Crippen molar-refractivity contribution in [3.63, 3.8) is 0 Å². The van der Waals surface area contributed by atoms with Crippen molar-refractivity contribution in [2.75, 3.05) is 18.1 Å². The summed E-state index contributed by atoms with van der Waals surface area (Å²) in [5.41, 5.74) is 0. The minimum atomic E-state index is -0.909. The van der Waals surface area contributed by atoms with Crippen molar-refractivity contribution in [1.29, 1.82) is 0 Å². The van der Waals surface area contributed by atoms with Crippen LogP contribution in [0.3, 0.4) is 0 Å². The number of rotatable bonds is 7. The zero-order valence-corrected chi connectivity index (χ0v) is 9.42. The fourth-order valence-electron chi connectivity index (χ4n) is 1.04. The number of H-pyrrole nitrogens is 1. The number of hydrogen-bond donors (Lipinski definition) is 3. The van der Waals surface area contributed by atoms with Gasteiger partial charge < -0.3 is 15.4 Å². The molecule has 3 N–H and O–H groups in total. The van der Waals surface area contributed by atoms with Gasteiger partial charge in [0, 0.05) is 25.4 Å². The SMILES string of the molecule is O=C(O)CSCC(=O)NCCc1ncc[nH]1. The van der Waals surface area contributed by atoms with Gasteiger partial charge in [0.25, 0.3) is 0 Å². The van der Waals surface area contributed by atoms with Crippen molar-refractivity contribution in [1.82, 2.24) is 15.3 Å². The predicted molar refractivity (Wildman–Crippen MR) is 60.3 cm³/mol. The second kappa shape index (κ2) is 6.89. The summed E-state index contributed by atoms with van der Waals surface area (Å²) in [6.45, 7) is 0.500. The summed E-state index contributed by atoms with van der Waals surface area (Å²) in [6, 6.07) is 0. The first-order valence-corrected chi connectivity index (χ1v) is 5.88. The number of imidazole rings is 1. The molecule has 0 unspecified atom stereocenters. The van der Waals surface area contributed by atoms with Crippen molar-refractivity contribution in [2.45, 2.75) is 6.42 Å². The normalized spacial score (nSPS) is 10.0. The average molecular weight is 243 g/mol. The number of carboxylic acids is 1. The molecular weight excluding hydrogens is 230 g/mol. The maximum atomic E-state index is 11.2. The van der Waals surface area contributed by atoms with Crippen molar-refractivity contribution >= 4 is 23.6 Å². The van der Waals surface area contributed by atoms with Crippen LogP contribution < -0.4 is 5.32 Å². The summed E-state index contributed by atoms with van der Waals surface area (Å²) in [5, 5.41) is 11.0. The number of carboxylic acid groups (broad SMARTS) is 1. The fraction of sp³-hybridized carbons (Fsp3) is 0.444. The lowest BCUT2D eigenvalue weighted by molar-refractivity contribution is -0.133. The number of hydrogen-bond acceptors (Lipinski definition) is 4. The molecule has 0 aromatic carbocycles. The molecule has 0 saturated heterocycles. The Labute approximate surface area is 96.8 Å². The first-order chi connectivity index (χ1) is 7.68. The van der Waals surface area contributed by atoms with Gasteiger partial charge in [-0.1, -0.05) is 0 Å². The molecule has 1 aromatic heterocycles. The number of carbonyl (C=O) groups is 2. The summed E-state index contributed by atoms with van der Waals surface area (Å²) < 4.78 is 0. The third kappa shape index (κ3) is 5.40. The minimum Gasteiger partial charge on any atom is -0.481 e. The van der Waals surface area contributed by atoms with Crippen molar-refractivity contribution < 1.29 is 14.7 Å². The molecule has 0 bridgehead atoms. The van der Waals surface area contributed by atoms with Gasteiger partial charge in [-0.05, 0) is 0 Å². The molecule has 0 fully saturated rings. The molecule has 0 aliphatic carbocycles. The van der Waals surface area contributed by atoms with E-state index < -0.39 is 5.97 Å². The van der Waals surface area contributed by atoms with E-state index in [1.165, 1.54) is 0 Å². The van der Waals surface area contributed by atoms with Gasteiger partial charge in [-0.15, -0.1) is 11.8 Å². The number of aliphatic carboxylic acids is 1. The fourth-order valence-corrected chi connectivity index (χ4v) is 1.60. The molecule has 0 spiro atoms. The van der Waals surface area contributed by atoms with Crippen LogP contribution in [0.2, 0.25) is 0 Å². The minimum absolute atomic E-state index is 0.0500. The molecule has 1 aromatic rings. The molecular formula is C9H13N3O3S. The highest BCUT2D eigenvalue weighted by atomic mass is 32.2. The zero-order valence-electron chi connectivity index (χ0n) is 8.60. The van der Waals surface area contributed by atoms with Gasteiger partial charge in [-0.2, -0.15) is 0 Å². The Morgan fingerprint density at radius 3 is 2.94 bits per heavy atom. The Hall–Kier alpha value is -1.50. The van der Waals surface area contributed by atoms with E-state index in [2.05, 4.69) is 15.3 Å². The number of aromatic nitrogens is 2. The number of carbonyl (C=O) groups excluding carboxylic acids is 1. The van der Waals surface area contributed by atoms with Crippen molar-refractivity contribution in [2.24, 2.45) is 0 Å². The highest BCUT2D eigenvalue weighted by Gasteiger charge is 2.03. The molecule has 0 atom stereocenters. The molecule has 0 aliphatic heterocycles. The van der Waals surface area contributed by atoms with Crippen LogP contribution in [0.15, 0.2) is 12.4 Å². The van der Waals surface area contributed by atoms with Crippen LogP contribution in [0.25, 0.3) is 0 Å². The zero-order chi connectivity index (χ0) is 11.8. The van der Waals surface area contributed by atoms with E-state index in [0.29, 0.717) is 13.0 Å². The van der Waals surface area contributed by atoms with E-state index in [0.717, 1.165) is 17.6 Å². The highest BCUT2D eigenvalue weighted by molar-refractivity contribution is 8.00. The van der Waals surface area contributed by atoms with Gasteiger partial charge in [0.15, 0.2) is 0 Å². The third-order valence-electron chi connectivity index (χ3n) is 1.70. The van der Waals surface area contributed by atoms with E-state index in [1.807, 2.05) is 0 Å². The maximum Gasteiger partial charge on any atom is 0.313 e. The predicted octanol–water partition coefficient (Wildman–Crippen LogP) is -0.114. The standard InChI is InChI=1S/C9H13N3O3S/c13-8(5-16-6-9(14)15)12-2-1-7-10-3-4-11-7/h3-4H,1-2,5-6H2,(H,10,11)(H,12,13)(H,14,15). The summed E-state index contributed by atoms with van der Waals surface area (Å²) in [4.78, 5) is 28.3. The van der Waals surface area contributed by atoms with Gasteiger partial charge in [0.05, 0.1) is 11.5 Å². The van der Waals surface area contributed by atoms with Crippen LogP contribution >= 0.6 is 11.8 Å². The lowest BCUT2D eigenvalue weighted by atomic mass is 10.4. The van der Waals surface area contributed by atoms with E-state index in [-0.39, 0.29) is 17.4 Å². The summed E-state index contributed by atoms with van der Waals surface area (Å²) in [5.74, 6) is -0.125. The topological polar surface area (TPSA) is 95.1 Å². The first kappa shape index (κ1) is 12.6. The van der Waals surface area contributed by atoms with Gasteiger partial charge in [0.2, 0.25) is 5.91 Å². The van der Waals surface area contributed by atoms with Crippen molar-refractivity contribution in [3.05, 3.63) is 18.2 Å². The number of aromatic amines is 1. The van der Waals surface area contributed by atoms with Gasteiger partial charge in [-0.3, -0.25) is 9.59 Å². The molecule has 1 heterocycles. The molecule has 7 heteroatoms. The van der Waals surface area contributed by atoms with E-state index in [4.69, 9.17) is 5.11 Å². The molecule has 1 amide bonds. The smallest absolute Gasteiger partial charge is 0.313 e. The van der Waals surface area contributed by atoms with Gasteiger partial charge in [-0.25, -0.2) is 4.98 Å². The third-order valence-corrected chi connectivity index (χ3v) is 2.61. The highest BCUT2D eigenvalue weighted by Crippen LogP contribution is 1.98. The molecule has 0 aliphatic rings. The van der Waals surface area contributed by atoms with Gasteiger partial charge in [0.1, 0.15) is 5.82 Å². The van der Waals surface area contributed by atoms with Gasteiger partial charge >= 0.3 is 5.97 Å². The number of nitrogens with zero attached hydrogens (tertiary/aromatic N) is 1. The molecule has 6 nitrogen and oxygen atoms in total. The second-order valence-electron chi connectivity index (χ2n) is 3.02. The monoisotopic (exact) mass is 243 g/mol. The Kier molecular flexibility index (Phi) is 5.41. The van der Waals surface area contributed by atoms with Crippen LogP contribution in [-0.2, 0) is 16.0 Å². The summed E-state index contributed by atoms with van der Waals surface area (Å²) in [6.07, 6.45) is 4.02.